The number of hydrogen-bond acceptors (Lipinski definition) is 5. The molecule has 0 spiro atoms. The van der Waals surface area contributed by atoms with E-state index in [2.05, 4.69) is 4.99 Å². The van der Waals surface area contributed by atoms with E-state index in [1.807, 2.05) is 41.3 Å². The van der Waals surface area contributed by atoms with Gasteiger partial charge in [0.1, 0.15) is 17.6 Å². The molecule has 0 aromatic heterocycles. The van der Waals surface area contributed by atoms with E-state index in [4.69, 9.17) is 15.2 Å². The third kappa shape index (κ3) is 5.30. The van der Waals surface area contributed by atoms with Crippen molar-refractivity contribution in [3.05, 3.63) is 65.2 Å². The van der Waals surface area contributed by atoms with Crippen LogP contribution >= 0.6 is 0 Å². The molecule has 1 aliphatic carbocycles. The van der Waals surface area contributed by atoms with Crippen LogP contribution in [0.1, 0.15) is 47.2 Å². The van der Waals surface area contributed by atoms with Gasteiger partial charge in [0.15, 0.2) is 0 Å². The Morgan fingerprint density at radius 1 is 0.971 bits per heavy atom. The van der Waals surface area contributed by atoms with Crippen molar-refractivity contribution in [2.24, 2.45) is 10.7 Å². The molecular formula is C27H29N3O4. The highest BCUT2D eigenvalue weighted by molar-refractivity contribution is 6.12. The molecule has 2 fully saturated rings. The molecule has 2 aromatic carbocycles. The molecule has 7 nitrogen and oxygen atoms in total. The monoisotopic (exact) mass is 459 g/mol. The third-order valence-electron chi connectivity index (χ3n) is 6.42. The minimum atomic E-state index is -0.520. The van der Waals surface area contributed by atoms with Crippen molar-refractivity contribution in [1.82, 2.24) is 4.90 Å². The van der Waals surface area contributed by atoms with Crippen molar-refractivity contribution in [3.63, 3.8) is 0 Å². The second kappa shape index (κ2) is 9.71. The molecule has 7 heteroatoms. The van der Waals surface area contributed by atoms with E-state index in [1.54, 1.807) is 18.3 Å². The van der Waals surface area contributed by atoms with Crippen LogP contribution in [-0.4, -0.2) is 54.8 Å². The van der Waals surface area contributed by atoms with E-state index >= 15 is 0 Å². The van der Waals surface area contributed by atoms with E-state index in [9.17, 15) is 9.59 Å². The van der Waals surface area contributed by atoms with Gasteiger partial charge in [-0.25, -0.2) is 0 Å². The van der Waals surface area contributed by atoms with Crippen molar-refractivity contribution >= 4 is 23.6 Å². The summed E-state index contributed by atoms with van der Waals surface area (Å²) >= 11 is 0. The Balaban J connectivity index is 1.15. The maximum atomic E-state index is 12.8. The molecule has 3 aliphatic rings. The SMILES string of the molecule is NC(=O)c1cc(C2=CCN=C2)ccc1OC1CCN(C(=O)Cc2ccc(OC3CC3)cc2)CC1. The van der Waals surface area contributed by atoms with E-state index in [1.165, 1.54) is 0 Å². The second-order valence-corrected chi connectivity index (χ2v) is 9.06. The van der Waals surface area contributed by atoms with Crippen LogP contribution in [0, 0.1) is 0 Å². The second-order valence-electron chi connectivity index (χ2n) is 9.06. The molecule has 0 bridgehead atoms. The first-order valence-corrected chi connectivity index (χ1v) is 11.9. The van der Waals surface area contributed by atoms with Gasteiger partial charge in [0.05, 0.1) is 24.6 Å². The summed E-state index contributed by atoms with van der Waals surface area (Å²) in [6.07, 6.45) is 8.14. The van der Waals surface area contributed by atoms with Crippen LogP contribution in [0.4, 0.5) is 0 Å². The lowest BCUT2D eigenvalue weighted by Gasteiger charge is -2.32. The van der Waals surface area contributed by atoms with Crippen molar-refractivity contribution < 1.29 is 19.1 Å². The van der Waals surface area contributed by atoms with E-state index in [-0.39, 0.29) is 12.0 Å². The molecule has 2 heterocycles. The maximum Gasteiger partial charge on any atom is 0.252 e. The molecule has 34 heavy (non-hydrogen) atoms. The fraction of sp³-hybridized carbons (Fsp3) is 0.370. The normalized spacial score (nSPS) is 18.0. The number of benzene rings is 2. The molecule has 0 radical (unpaired) electrons. The molecule has 0 unspecified atom stereocenters. The number of rotatable bonds is 8. The lowest BCUT2D eigenvalue weighted by atomic mass is 10.0. The number of amides is 2. The number of piperidine rings is 1. The fourth-order valence-corrected chi connectivity index (χ4v) is 4.31. The van der Waals surface area contributed by atoms with Gasteiger partial charge in [0.2, 0.25) is 5.91 Å². The highest BCUT2D eigenvalue weighted by atomic mass is 16.5. The van der Waals surface area contributed by atoms with Gasteiger partial charge < -0.3 is 20.1 Å². The summed E-state index contributed by atoms with van der Waals surface area (Å²) in [5, 5.41) is 0. The largest absolute Gasteiger partial charge is 0.490 e. The first-order valence-electron chi connectivity index (χ1n) is 11.9. The van der Waals surface area contributed by atoms with Crippen LogP contribution in [0.15, 0.2) is 53.5 Å². The molecule has 2 aromatic rings. The molecule has 2 aliphatic heterocycles. The lowest BCUT2D eigenvalue weighted by Crippen LogP contribution is -2.42. The van der Waals surface area contributed by atoms with E-state index in [0.29, 0.717) is 56.3 Å². The Hall–Kier alpha value is -3.61. The van der Waals surface area contributed by atoms with Crippen molar-refractivity contribution in [2.75, 3.05) is 19.6 Å². The summed E-state index contributed by atoms with van der Waals surface area (Å²) in [5.74, 6) is 0.953. The average molecular weight is 460 g/mol. The number of carbonyl (C=O) groups excluding carboxylic acids is 2. The van der Waals surface area contributed by atoms with Gasteiger partial charge in [0.25, 0.3) is 5.91 Å². The summed E-state index contributed by atoms with van der Waals surface area (Å²) < 4.78 is 11.9. The van der Waals surface area contributed by atoms with Gasteiger partial charge in [-0.1, -0.05) is 24.3 Å². The average Bonchev–Trinajstić information content (AvgIpc) is 3.49. The van der Waals surface area contributed by atoms with Crippen LogP contribution in [0.3, 0.4) is 0 Å². The zero-order valence-electron chi connectivity index (χ0n) is 19.1. The third-order valence-corrected chi connectivity index (χ3v) is 6.42. The summed E-state index contributed by atoms with van der Waals surface area (Å²) in [6.45, 7) is 1.90. The Morgan fingerprint density at radius 2 is 1.71 bits per heavy atom. The first-order chi connectivity index (χ1) is 16.5. The summed E-state index contributed by atoms with van der Waals surface area (Å²) in [5.41, 5.74) is 8.85. The Morgan fingerprint density at radius 3 is 2.35 bits per heavy atom. The van der Waals surface area contributed by atoms with Gasteiger partial charge in [-0.2, -0.15) is 0 Å². The molecular weight excluding hydrogens is 430 g/mol. The standard InChI is InChI=1S/C27H29N3O4/c28-27(32)24-16-19(20-9-12-29-17-20)3-8-25(24)34-23-10-13-30(14-11-23)26(31)15-18-1-4-21(5-2-18)33-22-6-7-22/h1-5,8-9,16-17,22-23H,6-7,10-15H2,(H2,28,32). The van der Waals surface area contributed by atoms with E-state index in [0.717, 1.165) is 35.3 Å². The number of likely N-dealkylation sites (tertiary alicyclic amines) is 1. The zero-order chi connectivity index (χ0) is 23.5. The maximum absolute atomic E-state index is 12.8. The topological polar surface area (TPSA) is 94.2 Å². The molecule has 176 valence electrons. The Labute approximate surface area is 199 Å². The molecule has 2 N–H and O–H groups in total. The zero-order valence-corrected chi connectivity index (χ0v) is 19.1. The van der Waals surface area contributed by atoms with Crippen LogP contribution in [0.25, 0.3) is 5.57 Å². The predicted molar refractivity (Wildman–Crippen MR) is 130 cm³/mol. The van der Waals surface area contributed by atoms with Gasteiger partial charge >= 0.3 is 0 Å². The molecule has 0 atom stereocenters. The van der Waals surface area contributed by atoms with Gasteiger partial charge in [0, 0.05) is 32.1 Å². The molecule has 1 saturated heterocycles. The number of ether oxygens (including phenoxy) is 2. The first kappa shape index (κ1) is 22.2. The van der Waals surface area contributed by atoms with E-state index < -0.39 is 5.91 Å². The number of aliphatic imine (C=N–C) groups is 1. The smallest absolute Gasteiger partial charge is 0.252 e. The predicted octanol–water partition coefficient (Wildman–Crippen LogP) is 3.41. The molecule has 5 rings (SSSR count). The number of primary amides is 1. The van der Waals surface area contributed by atoms with Crippen LogP contribution in [0.5, 0.6) is 11.5 Å². The van der Waals surface area contributed by atoms with Crippen molar-refractivity contribution in [2.45, 2.75) is 44.3 Å². The van der Waals surface area contributed by atoms with Crippen LogP contribution in [-0.2, 0) is 11.2 Å². The number of carbonyl (C=O) groups is 2. The minimum absolute atomic E-state index is 0.0703. The Bertz CT molecular complexity index is 1130. The summed E-state index contributed by atoms with van der Waals surface area (Å²) in [6, 6.07) is 13.3. The highest BCUT2D eigenvalue weighted by Gasteiger charge is 2.26. The summed E-state index contributed by atoms with van der Waals surface area (Å²) in [7, 11) is 0. The fourth-order valence-electron chi connectivity index (χ4n) is 4.31. The molecule has 1 saturated carbocycles. The quantitative estimate of drug-likeness (QED) is 0.655. The van der Waals surface area contributed by atoms with Crippen molar-refractivity contribution in [3.8, 4) is 11.5 Å². The van der Waals surface area contributed by atoms with Crippen LogP contribution in [0.2, 0.25) is 0 Å². The Kier molecular flexibility index (Phi) is 6.34. The number of nitrogens with zero attached hydrogens (tertiary/aromatic N) is 2. The minimum Gasteiger partial charge on any atom is -0.490 e. The number of hydrogen-bond donors (Lipinski definition) is 1. The number of nitrogens with two attached hydrogens (primary N) is 1. The van der Waals surface area contributed by atoms with Gasteiger partial charge in [-0.05, 0) is 53.8 Å². The van der Waals surface area contributed by atoms with Gasteiger partial charge in [-0.15, -0.1) is 0 Å². The van der Waals surface area contributed by atoms with Crippen molar-refractivity contribution in [1.29, 1.82) is 0 Å². The summed E-state index contributed by atoms with van der Waals surface area (Å²) in [4.78, 5) is 30.9. The highest BCUT2D eigenvalue weighted by Crippen LogP contribution is 2.28. The van der Waals surface area contributed by atoms with Gasteiger partial charge in [-0.3, -0.25) is 14.6 Å². The molecule has 2 amide bonds. The number of allylic oxidation sites excluding steroid dienone is 1. The van der Waals surface area contributed by atoms with Crippen LogP contribution < -0.4 is 15.2 Å². The lowest BCUT2D eigenvalue weighted by molar-refractivity contribution is -0.132.